The van der Waals surface area contributed by atoms with E-state index >= 15 is 0 Å². The molecule has 4 heteroatoms. The van der Waals surface area contributed by atoms with E-state index in [1.54, 1.807) is 0 Å². The molecule has 5 aromatic carbocycles. The molecule has 3 nitrogen and oxygen atoms in total. The van der Waals surface area contributed by atoms with E-state index in [-0.39, 0.29) is 0 Å². The minimum Gasteiger partial charge on any atom is -0.353 e. The Kier molecular flexibility index (Phi) is 6.66. The molecule has 0 saturated heterocycles. The number of fused-ring (bicyclic) bond motifs is 5. The third kappa shape index (κ3) is 4.93. The molecule has 0 amide bonds. The number of aliphatic imine (C=N–C) groups is 2. The van der Waals surface area contributed by atoms with Gasteiger partial charge in [0, 0.05) is 28.1 Å². The van der Waals surface area contributed by atoms with Gasteiger partial charge in [-0.3, -0.25) is 0 Å². The largest absolute Gasteiger partial charge is 0.353 e. The highest BCUT2D eigenvalue weighted by molar-refractivity contribution is 6.34. The first kappa shape index (κ1) is 24.6. The highest BCUT2D eigenvalue weighted by atomic mass is 35.5. The second-order valence-electron chi connectivity index (χ2n) is 9.40. The monoisotopic (exact) mass is 523 g/mol. The Morgan fingerprint density at radius 1 is 0.615 bits per heavy atom. The number of halogens is 1. The van der Waals surface area contributed by atoms with Crippen LogP contribution in [-0.4, -0.2) is 11.5 Å². The molecule has 0 atom stereocenters. The molecule has 0 unspecified atom stereocenters. The fraction of sp³-hybridized carbons (Fsp3) is 0.0286. The first-order valence-corrected chi connectivity index (χ1v) is 13.2. The zero-order valence-electron chi connectivity index (χ0n) is 21.5. The maximum Gasteiger partial charge on any atom is 0.160 e. The summed E-state index contributed by atoms with van der Waals surface area (Å²) in [5, 5.41) is 4.28. The van der Waals surface area contributed by atoms with Crippen LogP contribution in [0.2, 0.25) is 5.02 Å². The van der Waals surface area contributed by atoms with Gasteiger partial charge < -0.3 is 5.32 Å². The summed E-state index contributed by atoms with van der Waals surface area (Å²) in [6, 6.07) is 40.8. The second kappa shape index (κ2) is 10.6. The van der Waals surface area contributed by atoms with Crippen molar-refractivity contribution in [2.45, 2.75) is 6.92 Å². The van der Waals surface area contributed by atoms with Gasteiger partial charge in [0.2, 0.25) is 0 Å². The molecule has 1 aliphatic rings. The predicted molar refractivity (Wildman–Crippen MR) is 166 cm³/mol. The number of para-hydroxylation sites is 1. The highest BCUT2D eigenvalue weighted by Crippen LogP contribution is 2.46. The van der Waals surface area contributed by atoms with E-state index in [0.29, 0.717) is 16.6 Å². The smallest absolute Gasteiger partial charge is 0.160 e. The van der Waals surface area contributed by atoms with E-state index in [9.17, 15) is 0 Å². The molecular weight excluding hydrogens is 498 g/mol. The lowest BCUT2D eigenvalue weighted by atomic mass is 9.93. The van der Waals surface area contributed by atoms with Crippen molar-refractivity contribution in [2.24, 2.45) is 9.98 Å². The van der Waals surface area contributed by atoms with Gasteiger partial charge in [0.1, 0.15) is 0 Å². The van der Waals surface area contributed by atoms with Crippen molar-refractivity contribution in [1.82, 2.24) is 0 Å². The average Bonchev–Trinajstić information content (AvgIpc) is 3.13. The van der Waals surface area contributed by atoms with Crippen molar-refractivity contribution in [1.29, 1.82) is 0 Å². The number of hydrogen-bond donors (Lipinski definition) is 1. The quantitative estimate of drug-likeness (QED) is 0.181. The number of nitrogens with one attached hydrogen (secondary N) is 1. The van der Waals surface area contributed by atoms with Gasteiger partial charge in [0.25, 0.3) is 0 Å². The minimum atomic E-state index is 0.620. The Hall–Kier alpha value is -4.73. The Morgan fingerprint density at radius 3 is 1.95 bits per heavy atom. The second-order valence-corrected chi connectivity index (χ2v) is 9.81. The Morgan fingerprint density at radius 2 is 1.23 bits per heavy atom. The predicted octanol–water partition coefficient (Wildman–Crippen LogP) is 9.66. The van der Waals surface area contributed by atoms with Crippen molar-refractivity contribution in [3.63, 3.8) is 0 Å². The number of hydrogen-bond acceptors (Lipinski definition) is 2. The molecule has 1 aliphatic heterocycles. The van der Waals surface area contributed by atoms with E-state index < -0.39 is 0 Å². The topological polar surface area (TPSA) is 36.8 Å². The lowest BCUT2D eigenvalue weighted by molar-refractivity contribution is 1.44. The Labute approximate surface area is 233 Å². The van der Waals surface area contributed by atoms with Crippen molar-refractivity contribution >= 4 is 40.2 Å². The van der Waals surface area contributed by atoms with Crippen LogP contribution >= 0.6 is 11.6 Å². The zero-order valence-corrected chi connectivity index (χ0v) is 22.3. The molecule has 0 aliphatic carbocycles. The van der Waals surface area contributed by atoms with Crippen LogP contribution in [0.25, 0.3) is 28.0 Å². The van der Waals surface area contributed by atoms with Gasteiger partial charge in [-0.05, 0) is 47.4 Å². The average molecular weight is 524 g/mol. The van der Waals surface area contributed by atoms with Gasteiger partial charge in [-0.15, -0.1) is 0 Å². The Bertz CT molecular complexity index is 1750. The zero-order chi connectivity index (χ0) is 26.8. The van der Waals surface area contributed by atoms with Gasteiger partial charge in [-0.25, -0.2) is 9.98 Å². The first-order chi connectivity index (χ1) is 19.1. The maximum absolute atomic E-state index is 6.63. The normalized spacial score (nSPS) is 12.5. The molecular formula is C35H26ClN3. The Balaban J connectivity index is 1.45. The molecule has 0 saturated carbocycles. The van der Waals surface area contributed by atoms with Crippen molar-refractivity contribution < 1.29 is 0 Å². The van der Waals surface area contributed by atoms with Gasteiger partial charge >= 0.3 is 0 Å². The van der Waals surface area contributed by atoms with Crippen LogP contribution in [0.1, 0.15) is 23.6 Å². The number of benzene rings is 5. The van der Waals surface area contributed by atoms with E-state index in [1.807, 2.05) is 79.7 Å². The van der Waals surface area contributed by atoms with Crippen molar-refractivity contribution in [3.05, 3.63) is 150 Å². The molecule has 0 fully saturated rings. The summed E-state index contributed by atoms with van der Waals surface area (Å²) in [6.45, 7) is 6.24. The lowest BCUT2D eigenvalue weighted by Gasteiger charge is -2.13. The molecule has 1 heterocycles. The first-order valence-electron chi connectivity index (χ1n) is 12.8. The van der Waals surface area contributed by atoms with E-state index in [4.69, 9.17) is 21.6 Å². The minimum absolute atomic E-state index is 0.620. The third-order valence-corrected chi connectivity index (χ3v) is 7.19. The number of nitrogens with zero attached hydrogens (tertiary/aromatic N) is 2. The maximum atomic E-state index is 6.63. The van der Waals surface area contributed by atoms with E-state index in [1.165, 1.54) is 0 Å². The summed E-state index contributed by atoms with van der Waals surface area (Å²) in [4.78, 5) is 9.89. The highest BCUT2D eigenvalue weighted by Gasteiger charge is 2.21. The number of rotatable bonds is 4. The van der Waals surface area contributed by atoms with Gasteiger partial charge in [0.05, 0.1) is 16.4 Å². The summed E-state index contributed by atoms with van der Waals surface area (Å²) >= 11 is 6.63. The number of anilines is 2. The molecule has 1 N–H and O–H groups in total. The fourth-order valence-corrected chi connectivity index (χ4v) is 5.07. The van der Waals surface area contributed by atoms with Crippen LogP contribution < -0.4 is 5.32 Å². The molecule has 39 heavy (non-hydrogen) atoms. The van der Waals surface area contributed by atoms with Crippen LogP contribution in [0.5, 0.6) is 0 Å². The standard InChI is InChI=1S/C35H26ClN3/c1-23(25-12-5-3-6-13-25)37-35(26-14-7-4-8-15-26)38-24(2)27-20-21-33-31(22-27)29-17-10-9-16-28(29)30-18-11-19-32(36)34(30)39-33/h3-22,39H,1H2,2H3. The van der Waals surface area contributed by atoms with Crippen molar-refractivity contribution in [3.8, 4) is 22.3 Å². The SMILES string of the molecule is C=C(N=C(N=C(C)c1ccc2c(c1)-c1ccccc1-c1cccc(Cl)c1N2)c1ccccc1)c1ccccc1. The van der Waals surface area contributed by atoms with E-state index in [0.717, 1.165) is 56.0 Å². The molecule has 0 radical (unpaired) electrons. The molecule has 0 spiro atoms. The summed E-state index contributed by atoms with van der Waals surface area (Å²) < 4.78 is 0. The lowest BCUT2D eigenvalue weighted by Crippen LogP contribution is -2.05. The summed E-state index contributed by atoms with van der Waals surface area (Å²) in [5.74, 6) is 0.620. The molecule has 188 valence electrons. The van der Waals surface area contributed by atoms with Crippen LogP contribution in [-0.2, 0) is 0 Å². The van der Waals surface area contributed by atoms with Gasteiger partial charge in [-0.2, -0.15) is 0 Å². The van der Waals surface area contributed by atoms with Crippen molar-refractivity contribution in [2.75, 3.05) is 5.32 Å². The van der Waals surface area contributed by atoms with Crippen LogP contribution in [0.15, 0.2) is 138 Å². The number of amidine groups is 1. The van der Waals surface area contributed by atoms with Crippen LogP contribution in [0.4, 0.5) is 11.4 Å². The van der Waals surface area contributed by atoms with Gasteiger partial charge in [-0.1, -0.05) is 121 Å². The molecule has 6 rings (SSSR count). The molecule has 5 aromatic rings. The van der Waals surface area contributed by atoms with Crippen LogP contribution in [0, 0.1) is 0 Å². The van der Waals surface area contributed by atoms with Gasteiger partial charge in [0.15, 0.2) is 5.84 Å². The van der Waals surface area contributed by atoms with E-state index in [2.05, 4.69) is 60.4 Å². The van der Waals surface area contributed by atoms with Crippen LogP contribution in [0.3, 0.4) is 0 Å². The summed E-state index contributed by atoms with van der Waals surface area (Å²) in [5.41, 5.74) is 10.8. The molecule has 0 bridgehead atoms. The third-order valence-electron chi connectivity index (χ3n) is 6.87. The summed E-state index contributed by atoms with van der Waals surface area (Å²) in [7, 11) is 0. The fourth-order valence-electron chi connectivity index (χ4n) is 4.85. The molecule has 0 aromatic heterocycles. The summed E-state index contributed by atoms with van der Waals surface area (Å²) in [6.07, 6.45) is 0.